The lowest BCUT2D eigenvalue weighted by atomic mass is 9.93. The third-order valence-electron chi connectivity index (χ3n) is 4.79. The van der Waals surface area contributed by atoms with Crippen LogP contribution in [0.15, 0.2) is 72.8 Å². The van der Waals surface area contributed by atoms with Gasteiger partial charge in [-0.3, -0.25) is 9.69 Å². The highest BCUT2D eigenvalue weighted by molar-refractivity contribution is 6.02. The fourth-order valence-corrected chi connectivity index (χ4v) is 3.27. The standard InChI is InChI=1S/C23H19F4NO3/c24-21-8-4-7-20(23(25,26)27)19(21)13-15(14-29)22(31)28(16-5-2-1-3-6-16)17-9-11-18(30)12-10-17/h1-12,15,29-30H,13-14H2. The van der Waals surface area contributed by atoms with E-state index in [1.807, 2.05) is 0 Å². The molecule has 1 atom stereocenters. The monoisotopic (exact) mass is 433 g/mol. The molecule has 0 fully saturated rings. The third-order valence-corrected chi connectivity index (χ3v) is 4.79. The lowest BCUT2D eigenvalue weighted by molar-refractivity contribution is -0.139. The van der Waals surface area contributed by atoms with E-state index in [9.17, 15) is 32.6 Å². The van der Waals surface area contributed by atoms with Crippen LogP contribution in [0, 0.1) is 11.7 Å². The van der Waals surface area contributed by atoms with Crippen molar-refractivity contribution in [2.75, 3.05) is 11.5 Å². The minimum atomic E-state index is -4.81. The first-order chi connectivity index (χ1) is 14.7. The molecule has 4 nitrogen and oxygen atoms in total. The molecule has 0 heterocycles. The number of carbonyl (C=O) groups is 1. The Morgan fingerprint density at radius 3 is 2.10 bits per heavy atom. The van der Waals surface area contributed by atoms with Gasteiger partial charge in [0, 0.05) is 16.9 Å². The van der Waals surface area contributed by atoms with E-state index in [2.05, 4.69) is 0 Å². The van der Waals surface area contributed by atoms with Crippen LogP contribution in [0.1, 0.15) is 11.1 Å². The Balaban J connectivity index is 2.02. The molecule has 0 bridgehead atoms. The van der Waals surface area contributed by atoms with Gasteiger partial charge in [-0.1, -0.05) is 24.3 Å². The fraction of sp³-hybridized carbons (Fsp3) is 0.174. The number of halogens is 4. The zero-order valence-corrected chi connectivity index (χ0v) is 16.2. The highest BCUT2D eigenvalue weighted by atomic mass is 19.4. The number of aromatic hydroxyl groups is 1. The maximum atomic E-state index is 14.3. The van der Waals surface area contributed by atoms with Crippen molar-refractivity contribution in [1.29, 1.82) is 0 Å². The van der Waals surface area contributed by atoms with Gasteiger partial charge in [-0.2, -0.15) is 13.2 Å². The molecule has 3 rings (SSSR count). The number of alkyl halides is 3. The zero-order valence-electron chi connectivity index (χ0n) is 16.2. The molecule has 1 amide bonds. The predicted molar refractivity (Wildman–Crippen MR) is 107 cm³/mol. The molecule has 3 aromatic carbocycles. The number of rotatable bonds is 6. The molecule has 2 N–H and O–H groups in total. The average molecular weight is 433 g/mol. The Hall–Kier alpha value is -3.39. The van der Waals surface area contributed by atoms with Gasteiger partial charge in [0.15, 0.2) is 0 Å². The van der Waals surface area contributed by atoms with Gasteiger partial charge in [0.1, 0.15) is 11.6 Å². The number of nitrogens with zero attached hydrogens (tertiary/aromatic N) is 1. The molecule has 0 saturated carbocycles. The van der Waals surface area contributed by atoms with E-state index >= 15 is 0 Å². The first-order valence-corrected chi connectivity index (χ1v) is 9.36. The summed E-state index contributed by atoms with van der Waals surface area (Å²) in [5.41, 5.74) is -1.13. The summed E-state index contributed by atoms with van der Waals surface area (Å²) in [6.07, 6.45) is -5.45. The number of hydrogen-bond acceptors (Lipinski definition) is 3. The number of aliphatic hydroxyl groups excluding tert-OH is 1. The van der Waals surface area contributed by atoms with Crippen LogP contribution in [0.5, 0.6) is 5.75 Å². The van der Waals surface area contributed by atoms with Crippen molar-refractivity contribution < 1.29 is 32.6 Å². The molecule has 0 saturated heterocycles. The lowest BCUT2D eigenvalue weighted by Gasteiger charge is -2.27. The van der Waals surface area contributed by atoms with Crippen LogP contribution in [-0.4, -0.2) is 22.7 Å². The smallest absolute Gasteiger partial charge is 0.416 e. The van der Waals surface area contributed by atoms with Crippen LogP contribution in [0.25, 0.3) is 0 Å². The van der Waals surface area contributed by atoms with Crippen molar-refractivity contribution in [3.63, 3.8) is 0 Å². The van der Waals surface area contributed by atoms with Crippen molar-refractivity contribution in [1.82, 2.24) is 0 Å². The number of para-hydroxylation sites is 1. The Bertz CT molecular complexity index is 1040. The van der Waals surface area contributed by atoms with Gasteiger partial charge >= 0.3 is 6.18 Å². The fourth-order valence-electron chi connectivity index (χ4n) is 3.27. The van der Waals surface area contributed by atoms with E-state index in [0.29, 0.717) is 11.4 Å². The number of phenolic OH excluding ortho intramolecular Hbond substituents is 1. The second-order valence-corrected chi connectivity index (χ2v) is 6.87. The Kier molecular flexibility index (Phi) is 6.60. The van der Waals surface area contributed by atoms with E-state index in [-0.39, 0.29) is 5.75 Å². The molecule has 0 aliphatic heterocycles. The molecule has 0 aliphatic carbocycles. The van der Waals surface area contributed by atoms with E-state index < -0.39 is 48.0 Å². The second kappa shape index (κ2) is 9.18. The highest BCUT2D eigenvalue weighted by Crippen LogP contribution is 2.35. The van der Waals surface area contributed by atoms with Gasteiger partial charge in [0.25, 0.3) is 0 Å². The van der Waals surface area contributed by atoms with Crippen LogP contribution in [-0.2, 0) is 17.4 Å². The third kappa shape index (κ3) is 5.03. The quantitative estimate of drug-likeness (QED) is 0.534. The van der Waals surface area contributed by atoms with Crippen molar-refractivity contribution >= 4 is 17.3 Å². The van der Waals surface area contributed by atoms with E-state index in [0.717, 1.165) is 18.2 Å². The SMILES string of the molecule is O=C(C(CO)Cc1c(F)cccc1C(F)(F)F)N(c1ccccc1)c1ccc(O)cc1. The molecule has 0 radical (unpaired) electrons. The topological polar surface area (TPSA) is 60.8 Å². The maximum Gasteiger partial charge on any atom is 0.416 e. The van der Waals surface area contributed by atoms with Gasteiger partial charge in [-0.15, -0.1) is 0 Å². The molecule has 162 valence electrons. The number of amides is 1. The number of carbonyl (C=O) groups excluding carboxylic acids is 1. The molecule has 0 spiro atoms. The van der Waals surface area contributed by atoms with Gasteiger partial charge in [0.05, 0.1) is 18.1 Å². The molecule has 3 aromatic rings. The largest absolute Gasteiger partial charge is 0.508 e. The molecular weight excluding hydrogens is 414 g/mol. The molecule has 8 heteroatoms. The Morgan fingerprint density at radius 2 is 1.52 bits per heavy atom. The first-order valence-electron chi connectivity index (χ1n) is 9.36. The lowest BCUT2D eigenvalue weighted by Crippen LogP contribution is -2.36. The summed E-state index contributed by atoms with van der Waals surface area (Å²) >= 11 is 0. The average Bonchev–Trinajstić information content (AvgIpc) is 2.74. The van der Waals surface area contributed by atoms with Gasteiger partial charge in [-0.25, -0.2) is 4.39 Å². The maximum absolute atomic E-state index is 14.3. The van der Waals surface area contributed by atoms with E-state index in [4.69, 9.17) is 0 Å². The summed E-state index contributed by atoms with van der Waals surface area (Å²) in [5.74, 6) is -3.19. The Labute approximate surface area is 176 Å². The number of benzene rings is 3. The minimum Gasteiger partial charge on any atom is -0.508 e. The van der Waals surface area contributed by atoms with Crippen LogP contribution >= 0.6 is 0 Å². The summed E-state index contributed by atoms with van der Waals surface area (Å²) in [4.78, 5) is 14.6. The predicted octanol–water partition coefficient (Wildman–Crippen LogP) is 5.07. The van der Waals surface area contributed by atoms with Crippen molar-refractivity contribution in [2.24, 2.45) is 5.92 Å². The summed E-state index contributed by atoms with van der Waals surface area (Å²) in [5, 5.41) is 19.4. The normalized spacial score (nSPS) is 12.4. The van der Waals surface area contributed by atoms with E-state index in [1.54, 1.807) is 30.3 Å². The number of aliphatic hydroxyl groups is 1. The van der Waals surface area contributed by atoms with E-state index in [1.165, 1.54) is 29.2 Å². The molecule has 0 aliphatic rings. The second-order valence-electron chi connectivity index (χ2n) is 6.87. The van der Waals surface area contributed by atoms with Crippen molar-refractivity contribution in [3.8, 4) is 5.75 Å². The first kappa shape index (κ1) is 22.3. The van der Waals surface area contributed by atoms with Gasteiger partial charge in [-0.05, 0) is 55.0 Å². The van der Waals surface area contributed by atoms with Crippen LogP contribution < -0.4 is 4.90 Å². The van der Waals surface area contributed by atoms with Crippen LogP contribution in [0.4, 0.5) is 28.9 Å². The van der Waals surface area contributed by atoms with Crippen molar-refractivity contribution in [2.45, 2.75) is 12.6 Å². The zero-order chi connectivity index (χ0) is 22.6. The number of hydrogen-bond donors (Lipinski definition) is 2. The van der Waals surface area contributed by atoms with Gasteiger partial charge in [0.2, 0.25) is 5.91 Å². The van der Waals surface area contributed by atoms with Crippen LogP contribution in [0.2, 0.25) is 0 Å². The molecule has 0 aromatic heterocycles. The summed E-state index contributed by atoms with van der Waals surface area (Å²) in [6.45, 7) is -0.786. The summed E-state index contributed by atoms with van der Waals surface area (Å²) in [6, 6.07) is 16.5. The summed E-state index contributed by atoms with van der Waals surface area (Å²) in [7, 11) is 0. The highest BCUT2D eigenvalue weighted by Gasteiger charge is 2.36. The molecule has 1 unspecified atom stereocenters. The number of phenols is 1. The minimum absolute atomic E-state index is 0.0379. The van der Waals surface area contributed by atoms with Crippen LogP contribution in [0.3, 0.4) is 0 Å². The van der Waals surface area contributed by atoms with Crippen molar-refractivity contribution in [3.05, 3.63) is 89.7 Å². The number of anilines is 2. The Morgan fingerprint density at radius 1 is 0.903 bits per heavy atom. The molecule has 31 heavy (non-hydrogen) atoms. The molecular formula is C23H19F4NO3. The summed E-state index contributed by atoms with van der Waals surface area (Å²) < 4.78 is 54.4. The van der Waals surface area contributed by atoms with Gasteiger partial charge < -0.3 is 10.2 Å².